The third kappa shape index (κ3) is 4.29. The number of amides is 1. The van der Waals surface area contributed by atoms with Crippen LogP contribution in [0.4, 0.5) is 5.69 Å². The highest BCUT2D eigenvalue weighted by Crippen LogP contribution is 2.37. The van der Waals surface area contributed by atoms with Gasteiger partial charge in [0.1, 0.15) is 23.2 Å². The smallest absolute Gasteiger partial charge is 0.245 e. The number of aryl methyl sites for hydroxylation is 2. The summed E-state index contributed by atoms with van der Waals surface area (Å²) in [6, 6.07) is 1.64. The molecule has 0 radical (unpaired) electrons. The number of rotatable bonds is 6. The Labute approximate surface area is 193 Å². The Bertz CT molecular complexity index is 1150. The van der Waals surface area contributed by atoms with Gasteiger partial charge >= 0.3 is 0 Å². The lowest BCUT2D eigenvalue weighted by molar-refractivity contribution is -0.144. The quantitative estimate of drug-likeness (QED) is 0.618. The normalized spacial score (nSPS) is 21.9. The van der Waals surface area contributed by atoms with Gasteiger partial charge in [-0.3, -0.25) is 4.79 Å². The fourth-order valence-corrected chi connectivity index (χ4v) is 4.69. The number of fused-ring (bicyclic) bond motifs is 1. The number of carbonyl (C=O) groups excluding carboxylic acids is 1. The fourth-order valence-electron chi connectivity index (χ4n) is 4.69. The van der Waals surface area contributed by atoms with Crippen LogP contribution in [-0.2, 0) is 16.1 Å². The van der Waals surface area contributed by atoms with E-state index >= 15 is 0 Å². The van der Waals surface area contributed by atoms with Crippen LogP contribution >= 0.6 is 0 Å². The van der Waals surface area contributed by atoms with Gasteiger partial charge in [0.05, 0.1) is 23.5 Å². The molecule has 1 saturated carbocycles. The Hall–Kier alpha value is -3.07. The van der Waals surface area contributed by atoms with Crippen molar-refractivity contribution in [1.29, 1.82) is 0 Å². The Morgan fingerprint density at radius 2 is 1.88 bits per heavy atom. The van der Waals surface area contributed by atoms with E-state index in [9.17, 15) is 4.79 Å². The molecular weight excluding hydrogens is 418 g/mol. The van der Waals surface area contributed by atoms with Crippen LogP contribution < -0.4 is 5.32 Å². The van der Waals surface area contributed by atoms with Crippen LogP contribution in [0.5, 0.6) is 0 Å². The van der Waals surface area contributed by atoms with Crippen molar-refractivity contribution in [1.82, 2.24) is 29.4 Å². The van der Waals surface area contributed by atoms with Crippen LogP contribution in [0, 0.1) is 12.8 Å². The average Bonchev–Trinajstić information content (AvgIpc) is 3.56. The molecule has 5 rings (SSSR count). The summed E-state index contributed by atoms with van der Waals surface area (Å²) in [5.41, 5.74) is 3.23. The maximum atomic E-state index is 13.5. The van der Waals surface area contributed by atoms with Crippen molar-refractivity contribution in [3.8, 4) is 11.4 Å². The number of ether oxygens (including phenoxy) is 1. The molecule has 1 N–H and O–H groups in total. The number of carbonyl (C=O) groups is 1. The highest BCUT2D eigenvalue weighted by molar-refractivity contribution is 5.92. The summed E-state index contributed by atoms with van der Waals surface area (Å²) in [6.45, 7) is 9.94. The number of hydrogen-bond acceptors (Lipinski definition) is 7. The fraction of sp³-hybridized carbons (Fsp3) is 0.542. The third-order valence-corrected chi connectivity index (χ3v) is 6.39. The highest BCUT2D eigenvalue weighted by Gasteiger charge is 2.40. The van der Waals surface area contributed by atoms with E-state index in [1.54, 1.807) is 18.6 Å². The Morgan fingerprint density at radius 1 is 1.18 bits per heavy atom. The summed E-state index contributed by atoms with van der Waals surface area (Å²) < 4.78 is 7.89. The number of nitrogens with one attached hydrogen (secondary N) is 1. The molecule has 1 saturated heterocycles. The van der Waals surface area contributed by atoms with Crippen LogP contribution in [0.2, 0.25) is 0 Å². The molecule has 1 amide bonds. The number of pyridine rings is 1. The van der Waals surface area contributed by atoms with Crippen molar-refractivity contribution in [2.75, 3.05) is 18.4 Å². The van der Waals surface area contributed by atoms with Crippen LogP contribution in [0.3, 0.4) is 0 Å². The second kappa shape index (κ2) is 8.70. The minimum absolute atomic E-state index is 0.0460. The predicted octanol–water partition coefficient (Wildman–Crippen LogP) is 3.04. The first-order chi connectivity index (χ1) is 15.9. The van der Waals surface area contributed by atoms with E-state index in [1.165, 1.54) is 0 Å². The van der Waals surface area contributed by atoms with E-state index in [0.29, 0.717) is 25.6 Å². The molecule has 174 valence electrons. The first-order valence-electron chi connectivity index (χ1n) is 11.8. The van der Waals surface area contributed by atoms with Crippen LogP contribution in [0.15, 0.2) is 24.7 Å². The molecule has 0 bridgehead atoms. The standard InChI is InChI=1S/C24H31N7O2/c1-5-31-22(18-10-26-16(4)27-11-18)29-21-19(8-9-25-23(21)31)28-20(17-6-7-17)24(32)30-12-14(2)33-15(3)13-30/h8-11,14-15,17,20H,5-7,12-13H2,1-4H3,(H,25,28). The molecule has 1 aliphatic heterocycles. The molecule has 0 spiro atoms. The van der Waals surface area contributed by atoms with Crippen LogP contribution in [0.25, 0.3) is 22.6 Å². The Morgan fingerprint density at radius 3 is 2.52 bits per heavy atom. The van der Waals surface area contributed by atoms with Crippen molar-refractivity contribution in [3.05, 3.63) is 30.5 Å². The lowest BCUT2D eigenvalue weighted by Gasteiger charge is -2.37. The zero-order valence-electron chi connectivity index (χ0n) is 19.7. The summed E-state index contributed by atoms with van der Waals surface area (Å²) in [4.78, 5) is 33.7. The summed E-state index contributed by atoms with van der Waals surface area (Å²) in [5, 5.41) is 3.56. The van der Waals surface area contributed by atoms with E-state index in [4.69, 9.17) is 9.72 Å². The van der Waals surface area contributed by atoms with Crippen LogP contribution in [-0.4, -0.2) is 66.6 Å². The molecule has 1 aliphatic carbocycles. The lowest BCUT2D eigenvalue weighted by Crippen LogP contribution is -2.53. The zero-order valence-corrected chi connectivity index (χ0v) is 19.7. The second-order valence-corrected chi connectivity index (χ2v) is 9.19. The first kappa shape index (κ1) is 21.8. The van der Waals surface area contributed by atoms with Gasteiger partial charge in [0, 0.05) is 38.2 Å². The van der Waals surface area contributed by atoms with Gasteiger partial charge in [0.15, 0.2) is 5.65 Å². The van der Waals surface area contributed by atoms with Crippen molar-refractivity contribution in [2.24, 2.45) is 5.92 Å². The molecule has 33 heavy (non-hydrogen) atoms. The lowest BCUT2D eigenvalue weighted by atomic mass is 10.1. The average molecular weight is 450 g/mol. The minimum atomic E-state index is -0.272. The molecule has 4 heterocycles. The summed E-state index contributed by atoms with van der Waals surface area (Å²) in [5.74, 6) is 1.98. The number of hydrogen-bond donors (Lipinski definition) is 1. The number of nitrogens with zero attached hydrogens (tertiary/aromatic N) is 6. The van der Waals surface area contributed by atoms with Crippen molar-refractivity contribution in [3.63, 3.8) is 0 Å². The van der Waals surface area contributed by atoms with E-state index in [0.717, 1.165) is 46.9 Å². The molecule has 3 atom stereocenters. The Kier molecular flexibility index (Phi) is 5.74. The van der Waals surface area contributed by atoms with Gasteiger partial charge in [-0.2, -0.15) is 0 Å². The summed E-state index contributed by atoms with van der Waals surface area (Å²) >= 11 is 0. The third-order valence-electron chi connectivity index (χ3n) is 6.39. The van der Waals surface area contributed by atoms with Crippen molar-refractivity contribution < 1.29 is 9.53 Å². The van der Waals surface area contributed by atoms with Gasteiger partial charge in [-0.05, 0) is 52.5 Å². The molecule has 3 aromatic heterocycles. The maximum absolute atomic E-state index is 13.5. The minimum Gasteiger partial charge on any atom is -0.372 e. The molecule has 2 aliphatic rings. The highest BCUT2D eigenvalue weighted by atomic mass is 16.5. The van der Waals surface area contributed by atoms with Gasteiger partial charge in [-0.1, -0.05) is 0 Å². The number of imidazole rings is 1. The topological polar surface area (TPSA) is 98.1 Å². The van der Waals surface area contributed by atoms with Crippen molar-refractivity contribution >= 4 is 22.8 Å². The van der Waals surface area contributed by atoms with E-state index in [2.05, 4.69) is 31.8 Å². The van der Waals surface area contributed by atoms with Gasteiger partial charge in [-0.25, -0.2) is 19.9 Å². The second-order valence-electron chi connectivity index (χ2n) is 9.19. The van der Waals surface area contributed by atoms with E-state index in [-0.39, 0.29) is 24.2 Å². The summed E-state index contributed by atoms with van der Waals surface area (Å²) in [7, 11) is 0. The number of morpholine rings is 1. The largest absolute Gasteiger partial charge is 0.372 e. The number of anilines is 1. The zero-order chi connectivity index (χ0) is 23.1. The monoisotopic (exact) mass is 449 g/mol. The molecule has 3 unspecified atom stereocenters. The summed E-state index contributed by atoms with van der Waals surface area (Å²) in [6.07, 6.45) is 7.57. The maximum Gasteiger partial charge on any atom is 0.245 e. The SMILES string of the molecule is CCn1c(-c2cnc(C)nc2)nc2c(NC(C(=O)N3CC(C)OC(C)C3)C3CC3)ccnc21. The molecule has 9 heteroatoms. The Balaban J connectivity index is 1.48. The molecule has 0 aromatic carbocycles. The van der Waals surface area contributed by atoms with Gasteiger partial charge < -0.3 is 19.5 Å². The molecule has 3 aromatic rings. The molecule has 2 fully saturated rings. The van der Waals surface area contributed by atoms with Gasteiger partial charge in [-0.15, -0.1) is 0 Å². The van der Waals surface area contributed by atoms with Crippen LogP contribution in [0.1, 0.15) is 39.4 Å². The molecule has 9 nitrogen and oxygen atoms in total. The first-order valence-corrected chi connectivity index (χ1v) is 11.8. The number of aromatic nitrogens is 5. The van der Waals surface area contributed by atoms with Crippen molar-refractivity contribution in [2.45, 2.75) is 65.3 Å². The molecular formula is C24H31N7O2. The van der Waals surface area contributed by atoms with Gasteiger partial charge in [0.25, 0.3) is 0 Å². The predicted molar refractivity (Wildman–Crippen MR) is 126 cm³/mol. The van der Waals surface area contributed by atoms with Gasteiger partial charge in [0.2, 0.25) is 5.91 Å². The van der Waals surface area contributed by atoms with E-state index in [1.807, 2.05) is 31.7 Å². The van der Waals surface area contributed by atoms with E-state index < -0.39 is 0 Å².